The molecule has 0 amide bonds. The number of aromatic carboxylic acids is 1. The molecule has 0 aromatic heterocycles. The zero-order valence-corrected chi connectivity index (χ0v) is 33.7. The molecule has 0 saturated heterocycles. The molecule has 1 N–H and O–H groups in total. The normalized spacial score (nSPS) is 10.9. The lowest BCUT2D eigenvalue weighted by molar-refractivity contribution is 0.0691. The highest BCUT2D eigenvalue weighted by Gasteiger charge is 2.24. The number of carbonyl (C=O) groups is 2. The van der Waals surface area contributed by atoms with Crippen LogP contribution in [0.5, 0.6) is 23.0 Å². The summed E-state index contributed by atoms with van der Waals surface area (Å²) in [6, 6.07) is 46.6. The van der Waals surface area contributed by atoms with Gasteiger partial charge in [-0.05, 0) is 58.2 Å². The number of ketones is 1. The topological polar surface area (TPSA) is 91.3 Å². The summed E-state index contributed by atoms with van der Waals surface area (Å²) < 4.78 is 24.1. The molecule has 7 heteroatoms. The van der Waals surface area contributed by atoms with Gasteiger partial charge in [0, 0.05) is 17.7 Å². The van der Waals surface area contributed by atoms with Gasteiger partial charge in [0.15, 0.2) is 5.78 Å². The van der Waals surface area contributed by atoms with Gasteiger partial charge in [-0.15, -0.1) is 0 Å². The standard InChI is InChI=1S/C26H28O3.C24H24O4/c1-19(27)22-15-23(26(2,3)4)25(29-18-21-13-9-6-10-14-21)16-24(22)28-17-20-11-7-5-8-12-20;1-17(2)20-13-21(24(25)26)23(28-16-19-11-7-4-8-12-19)14-22(20)27-15-18-9-5-3-6-10-18/h5-16H,17-18H2,1-4H3;3-14,17H,15-16H2,1-2H3,(H,25,26). The summed E-state index contributed by atoms with van der Waals surface area (Å²) in [5.41, 5.74) is 6.55. The predicted molar refractivity (Wildman–Crippen MR) is 226 cm³/mol. The molecule has 7 nitrogen and oxygen atoms in total. The Balaban J connectivity index is 0.000000218. The van der Waals surface area contributed by atoms with Gasteiger partial charge >= 0.3 is 5.97 Å². The van der Waals surface area contributed by atoms with Gasteiger partial charge in [0.05, 0.1) is 5.56 Å². The van der Waals surface area contributed by atoms with Crippen molar-refractivity contribution in [2.45, 2.75) is 79.3 Å². The Morgan fingerprint density at radius 2 is 0.860 bits per heavy atom. The lowest BCUT2D eigenvalue weighted by atomic mass is 9.84. The second kappa shape index (κ2) is 20.0. The first kappa shape index (κ1) is 41.8. The Hall–Kier alpha value is -6.34. The lowest BCUT2D eigenvalue weighted by Gasteiger charge is -2.25. The van der Waals surface area contributed by atoms with Crippen LogP contribution in [0.15, 0.2) is 146 Å². The van der Waals surface area contributed by atoms with Crippen LogP contribution in [0.1, 0.15) is 102 Å². The molecule has 0 fully saturated rings. The average molecular weight is 765 g/mol. The smallest absolute Gasteiger partial charge is 0.339 e. The van der Waals surface area contributed by atoms with Crippen LogP contribution in [-0.2, 0) is 31.8 Å². The first-order valence-electron chi connectivity index (χ1n) is 19.2. The molecule has 57 heavy (non-hydrogen) atoms. The van der Waals surface area contributed by atoms with E-state index in [1.165, 1.54) is 0 Å². The van der Waals surface area contributed by atoms with E-state index < -0.39 is 5.97 Å². The maximum Gasteiger partial charge on any atom is 0.339 e. The van der Waals surface area contributed by atoms with Crippen LogP contribution < -0.4 is 18.9 Å². The van der Waals surface area contributed by atoms with Gasteiger partial charge in [-0.2, -0.15) is 0 Å². The van der Waals surface area contributed by atoms with E-state index in [1.54, 1.807) is 19.1 Å². The molecule has 0 spiro atoms. The molecule has 0 unspecified atom stereocenters. The number of carboxylic acid groups (broad SMARTS) is 1. The van der Waals surface area contributed by atoms with Crippen molar-refractivity contribution in [3.8, 4) is 23.0 Å². The molecular weight excluding hydrogens is 713 g/mol. The van der Waals surface area contributed by atoms with Crippen LogP contribution >= 0.6 is 0 Å². The maximum absolute atomic E-state index is 12.3. The summed E-state index contributed by atoms with van der Waals surface area (Å²) in [5.74, 6) is 1.34. The van der Waals surface area contributed by atoms with E-state index in [4.69, 9.17) is 18.9 Å². The summed E-state index contributed by atoms with van der Waals surface area (Å²) >= 11 is 0. The number of rotatable bonds is 15. The molecule has 0 aliphatic carbocycles. The Kier molecular flexibility index (Phi) is 14.7. The zero-order chi connectivity index (χ0) is 40.8. The number of carbonyl (C=O) groups excluding carboxylic acids is 1. The molecule has 0 bridgehead atoms. The van der Waals surface area contributed by atoms with Crippen molar-refractivity contribution < 1.29 is 33.6 Å². The van der Waals surface area contributed by atoms with Crippen molar-refractivity contribution in [2.24, 2.45) is 0 Å². The van der Waals surface area contributed by atoms with Crippen LogP contribution in [0.25, 0.3) is 0 Å². The maximum atomic E-state index is 12.3. The Morgan fingerprint density at radius 1 is 0.509 bits per heavy atom. The number of benzene rings is 6. The van der Waals surface area contributed by atoms with Gasteiger partial charge < -0.3 is 24.1 Å². The molecule has 6 rings (SSSR count). The highest BCUT2D eigenvalue weighted by Crippen LogP contribution is 2.38. The van der Waals surface area contributed by atoms with Gasteiger partial charge in [0.2, 0.25) is 0 Å². The average Bonchev–Trinajstić information content (AvgIpc) is 3.21. The van der Waals surface area contributed by atoms with E-state index in [0.29, 0.717) is 49.2 Å². The lowest BCUT2D eigenvalue weighted by Crippen LogP contribution is -2.15. The fraction of sp³-hybridized carbons (Fsp3) is 0.240. The van der Waals surface area contributed by atoms with Gasteiger partial charge in [-0.3, -0.25) is 4.79 Å². The fourth-order valence-corrected chi connectivity index (χ4v) is 6.04. The molecule has 6 aromatic carbocycles. The SMILES string of the molecule is CC(=O)c1cc(C(C)(C)C)c(OCc2ccccc2)cc1OCc1ccccc1.CC(C)c1cc(C(=O)O)c(OCc2ccccc2)cc1OCc1ccccc1. The quantitative estimate of drug-likeness (QED) is 0.104. The van der Waals surface area contributed by atoms with E-state index in [2.05, 4.69) is 20.8 Å². The summed E-state index contributed by atoms with van der Waals surface area (Å²) in [6.07, 6.45) is 0. The zero-order valence-electron chi connectivity index (χ0n) is 33.7. The summed E-state index contributed by atoms with van der Waals surface area (Å²) in [6.45, 7) is 13.5. The van der Waals surface area contributed by atoms with E-state index >= 15 is 0 Å². The minimum absolute atomic E-state index is 0.0202. The molecule has 0 radical (unpaired) electrons. The second-order valence-corrected chi connectivity index (χ2v) is 15.1. The van der Waals surface area contributed by atoms with Crippen LogP contribution in [0.3, 0.4) is 0 Å². The van der Waals surface area contributed by atoms with Crippen LogP contribution in [0.4, 0.5) is 0 Å². The van der Waals surface area contributed by atoms with E-state index in [9.17, 15) is 14.7 Å². The molecule has 0 aliphatic rings. The first-order chi connectivity index (χ1) is 27.4. The molecular formula is C50H52O7. The summed E-state index contributed by atoms with van der Waals surface area (Å²) in [5, 5.41) is 9.65. The Labute approximate surface area is 336 Å². The van der Waals surface area contributed by atoms with Crippen molar-refractivity contribution in [3.63, 3.8) is 0 Å². The molecule has 6 aromatic rings. The van der Waals surface area contributed by atoms with Crippen molar-refractivity contribution in [1.82, 2.24) is 0 Å². The van der Waals surface area contributed by atoms with E-state index in [0.717, 1.165) is 39.1 Å². The van der Waals surface area contributed by atoms with Gasteiger partial charge in [0.1, 0.15) is 55.0 Å². The van der Waals surface area contributed by atoms with Crippen LogP contribution in [-0.4, -0.2) is 16.9 Å². The first-order valence-corrected chi connectivity index (χ1v) is 19.2. The fourth-order valence-electron chi connectivity index (χ4n) is 6.04. The number of carboxylic acids is 1. The second-order valence-electron chi connectivity index (χ2n) is 15.1. The third-order valence-electron chi connectivity index (χ3n) is 9.18. The predicted octanol–water partition coefficient (Wildman–Crippen LogP) is 12.0. The van der Waals surface area contributed by atoms with Gasteiger partial charge in [0.25, 0.3) is 0 Å². The van der Waals surface area contributed by atoms with Crippen molar-refractivity contribution in [1.29, 1.82) is 0 Å². The highest BCUT2D eigenvalue weighted by atomic mass is 16.5. The van der Waals surface area contributed by atoms with E-state index in [-0.39, 0.29) is 22.7 Å². The van der Waals surface area contributed by atoms with Crippen molar-refractivity contribution in [2.75, 3.05) is 0 Å². The highest BCUT2D eigenvalue weighted by molar-refractivity contribution is 5.97. The molecule has 0 aliphatic heterocycles. The van der Waals surface area contributed by atoms with Gasteiger partial charge in [-0.1, -0.05) is 156 Å². The molecule has 0 heterocycles. The van der Waals surface area contributed by atoms with Crippen molar-refractivity contribution in [3.05, 3.63) is 190 Å². The van der Waals surface area contributed by atoms with Crippen LogP contribution in [0.2, 0.25) is 0 Å². The summed E-state index contributed by atoms with van der Waals surface area (Å²) in [4.78, 5) is 24.1. The van der Waals surface area contributed by atoms with Gasteiger partial charge in [-0.25, -0.2) is 4.79 Å². The van der Waals surface area contributed by atoms with Crippen LogP contribution in [0, 0.1) is 0 Å². The largest absolute Gasteiger partial charge is 0.488 e. The number of Topliss-reactive ketones (excluding diaryl/α,β-unsaturated/α-hetero) is 1. The monoisotopic (exact) mass is 764 g/mol. The molecule has 0 atom stereocenters. The summed E-state index contributed by atoms with van der Waals surface area (Å²) in [7, 11) is 0. The Bertz CT molecular complexity index is 2190. The van der Waals surface area contributed by atoms with E-state index in [1.807, 2.05) is 147 Å². The minimum Gasteiger partial charge on any atom is -0.488 e. The Morgan fingerprint density at radius 3 is 1.21 bits per heavy atom. The number of hydrogen-bond donors (Lipinski definition) is 1. The molecule has 0 saturated carbocycles. The molecule has 294 valence electrons. The third-order valence-corrected chi connectivity index (χ3v) is 9.18. The van der Waals surface area contributed by atoms with Crippen molar-refractivity contribution >= 4 is 11.8 Å². The number of ether oxygens (including phenoxy) is 4. The third kappa shape index (κ3) is 12.3. The minimum atomic E-state index is -1.01. The number of hydrogen-bond acceptors (Lipinski definition) is 6.